The minimum Gasteiger partial charge on any atom is -0.322 e. The van der Waals surface area contributed by atoms with Gasteiger partial charge in [0.1, 0.15) is 5.01 Å². The summed E-state index contributed by atoms with van der Waals surface area (Å²) in [5, 5.41) is 6.56. The van der Waals surface area contributed by atoms with E-state index in [9.17, 15) is 0 Å². The zero-order valence-electron chi connectivity index (χ0n) is 10.7. The number of hydrogen-bond donors (Lipinski definition) is 2. The number of nitrogens with zero attached hydrogens (tertiary/aromatic N) is 1. The van der Waals surface area contributed by atoms with Crippen molar-refractivity contribution in [3.63, 3.8) is 0 Å². The monoisotopic (exact) mass is 241 g/mol. The standard InChI is InChI=1S/C12H23N3S/c1-5-12(3,4)8-14-6-10-7-16-11(15-10)9(2)13/h7,9,14H,5-6,8,13H2,1-4H3. The molecule has 1 aromatic heterocycles. The molecule has 3 nitrogen and oxygen atoms in total. The second-order valence-corrected chi connectivity index (χ2v) is 5.98. The van der Waals surface area contributed by atoms with Crippen LogP contribution in [-0.4, -0.2) is 11.5 Å². The number of hydrogen-bond acceptors (Lipinski definition) is 4. The molecule has 0 saturated heterocycles. The fourth-order valence-corrected chi connectivity index (χ4v) is 2.04. The van der Waals surface area contributed by atoms with E-state index in [0.29, 0.717) is 5.41 Å². The highest BCUT2D eigenvalue weighted by Gasteiger charge is 2.14. The van der Waals surface area contributed by atoms with Crippen LogP contribution in [0.2, 0.25) is 0 Å². The van der Waals surface area contributed by atoms with Gasteiger partial charge in [0.25, 0.3) is 0 Å². The molecule has 1 unspecified atom stereocenters. The lowest BCUT2D eigenvalue weighted by Gasteiger charge is -2.22. The van der Waals surface area contributed by atoms with Gasteiger partial charge >= 0.3 is 0 Å². The Morgan fingerprint density at radius 3 is 2.75 bits per heavy atom. The van der Waals surface area contributed by atoms with Crippen LogP contribution in [-0.2, 0) is 6.54 Å². The summed E-state index contributed by atoms with van der Waals surface area (Å²) in [6, 6.07) is 0.0471. The van der Waals surface area contributed by atoms with E-state index in [2.05, 4.69) is 36.5 Å². The number of rotatable bonds is 6. The number of nitrogens with one attached hydrogen (secondary N) is 1. The van der Waals surface area contributed by atoms with Gasteiger partial charge in [0, 0.05) is 18.5 Å². The van der Waals surface area contributed by atoms with Crippen LogP contribution in [0.4, 0.5) is 0 Å². The van der Waals surface area contributed by atoms with Gasteiger partial charge in [0.2, 0.25) is 0 Å². The van der Waals surface area contributed by atoms with Gasteiger partial charge in [-0.05, 0) is 18.8 Å². The van der Waals surface area contributed by atoms with Crippen LogP contribution >= 0.6 is 11.3 Å². The molecule has 0 aliphatic rings. The summed E-state index contributed by atoms with van der Waals surface area (Å²) >= 11 is 1.65. The maximum atomic E-state index is 5.77. The maximum absolute atomic E-state index is 5.77. The number of nitrogens with two attached hydrogens (primary N) is 1. The third-order valence-corrected chi connectivity index (χ3v) is 3.92. The predicted octanol–water partition coefficient (Wildman–Crippen LogP) is 2.69. The molecule has 1 rings (SSSR count). The van der Waals surface area contributed by atoms with E-state index in [4.69, 9.17) is 5.73 Å². The Kier molecular flexibility index (Phi) is 4.89. The number of aromatic nitrogens is 1. The van der Waals surface area contributed by atoms with Crippen LogP contribution in [0.15, 0.2) is 5.38 Å². The fraction of sp³-hybridized carbons (Fsp3) is 0.750. The first kappa shape index (κ1) is 13.6. The molecule has 0 aromatic carbocycles. The van der Waals surface area contributed by atoms with Crippen LogP contribution in [0.3, 0.4) is 0 Å². The van der Waals surface area contributed by atoms with Gasteiger partial charge in [-0.15, -0.1) is 11.3 Å². The Hall–Kier alpha value is -0.450. The summed E-state index contributed by atoms with van der Waals surface area (Å²) < 4.78 is 0. The average Bonchev–Trinajstić information content (AvgIpc) is 2.66. The van der Waals surface area contributed by atoms with E-state index in [-0.39, 0.29) is 6.04 Å². The van der Waals surface area contributed by atoms with Gasteiger partial charge in [0.15, 0.2) is 0 Å². The highest BCUT2D eigenvalue weighted by Crippen LogP contribution is 2.19. The summed E-state index contributed by atoms with van der Waals surface area (Å²) in [6.45, 7) is 10.6. The smallest absolute Gasteiger partial charge is 0.109 e. The average molecular weight is 241 g/mol. The first-order valence-electron chi connectivity index (χ1n) is 5.85. The third-order valence-electron chi connectivity index (χ3n) is 2.83. The first-order chi connectivity index (χ1) is 7.44. The van der Waals surface area contributed by atoms with E-state index in [1.807, 2.05) is 6.92 Å². The predicted molar refractivity (Wildman–Crippen MR) is 70.5 cm³/mol. The van der Waals surface area contributed by atoms with E-state index in [1.54, 1.807) is 11.3 Å². The van der Waals surface area contributed by atoms with Crippen molar-refractivity contribution in [2.45, 2.75) is 46.7 Å². The van der Waals surface area contributed by atoms with Crippen molar-refractivity contribution in [1.29, 1.82) is 0 Å². The molecular formula is C12H23N3S. The highest BCUT2D eigenvalue weighted by molar-refractivity contribution is 7.09. The summed E-state index contributed by atoms with van der Waals surface area (Å²) in [6.07, 6.45) is 1.18. The van der Waals surface area contributed by atoms with Crippen LogP contribution in [0.5, 0.6) is 0 Å². The minimum absolute atomic E-state index is 0.0471. The van der Waals surface area contributed by atoms with Crippen molar-refractivity contribution >= 4 is 11.3 Å². The lowest BCUT2D eigenvalue weighted by atomic mass is 9.90. The molecule has 0 aliphatic heterocycles. The van der Waals surface area contributed by atoms with Gasteiger partial charge in [-0.1, -0.05) is 20.8 Å². The quantitative estimate of drug-likeness (QED) is 0.805. The first-order valence-corrected chi connectivity index (χ1v) is 6.73. The zero-order valence-corrected chi connectivity index (χ0v) is 11.5. The van der Waals surface area contributed by atoms with Gasteiger partial charge in [-0.25, -0.2) is 4.98 Å². The lowest BCUT2D eigenvalue weighted by Crippen LogP contribution is -2.28. The minimum atomic E-state index is 0.0471. The van der Waals surface area contributed by atoms with Crippen molar-refractivity contribution < 1.29 is 0 Å². The summed E-state index contributed by atoms with van der Waals surface area (Å²) in [5.74, 6) is 0. The van der Waals surface area contributed by atoms with Gasteiger partial charge in [-0.3, -0.25) is 0 Å². The fourth-order valence-electron chi connectivity index (χ4n) is 1.27. The molecule has 16 heavy (non-hydrogen) atoms. The highest BCUT2D eigenvalue weighted by atomic mass is 32.1. The molecular weight excluding hydrogens is 218 g/mol. The van der Waals surface area contributed by atoms with Crippen LogP contribution < -0.4 is 11.1 Å². The van der Waals surface area contributed by atoms with Gasteiger partial charge in [0.05, 0.1) is 11.7 Å². The maximum Gasteiger partial charge on any atom is 0.109 e. The molecule has 0 spiro atoms. The summed E-state index contributed by atoms with van der Waals surface area (Å²) in [4.78, 5) is 4.49. The van der Waals surface area contributed by atoms with E-state index in [0.717, 1.165) is 23.8 Å². The second kappa shape index (κ2) is 5.75. The van der Waals surface area contributed by atoms with Crippen LogP contribution in [0, 0.1) is 5.41 Å². The molecule has 1 aromatic rings. The molecule has 1 atom stereocenters. The largest absolute Gasteiger partial charge is 0.322 e. The van der Waals surface area contributed by atoms with Crippen molar-refractivity contribution in [1.82, 2.24) is 10.3 Å². The third kappa shape index (κ3) is 4.20. The Morgan fingerprint density at radius 1 is 1.56 bits per heavy atom. The Bertz CT molecular complexity index is 318. The molecule has 0 amide bonds. The normalized spacial score (nSPS) is 14.1. The molecule has 0 fully saturated rings. The van der Waals surface area contributed by atoms with Crippen molar-refractivity contribution in [2.75, 3.05) is 6.54 Å². The topological polar surface area (TPSA) is 50.9 Å². The lowest BCUT2D eigenvalue weighted by molar-refractivity contribution is 0.327. The molecule has 3 N–H and O–H groups in total. The van der Waals surface area contributed by atoms with E-state index < -0.39 is 0 Å². The van der Waals surface area contributed by atoms with Crippen LogP contribution in [0.1, 0.15) is 50.9 Å². The van der Waals surface area contributed by atoms with Crippen molar-refractivity contribution in [3.05, 3.63) is 16.1 Å². The molecule has 92 valence electrons. The van der Waals surface area contributed by atoms with Gasteiger partial charge in [-0.2, -0.15) is 0 Å². The summed E-state index contributed by atoms with van der Waals surface area (Å²) in [7, 11) is 0. The van der Waals surface area contributed by atoms with E-state index >= 15 is 0 Å². The van der Waals surface area contributed by atoms with E-state index in [1.165, 1.54) is 6.42 Å². The Balaban J connectivity index is 2.37. The molecule has 0 bridgehead atoms. The second-order valence-electron chi connectivity index (χ2n) is 5.09. The molecule has 0 aliphatic carbocycles. The number of thiazole rings is 1. The SMILES string of the molecule is CCC(C)(C)CNCc1csc(C(C)N)n1. The van der Waals surface area contributed by atoms with Crippen molar-refractivity contribution in [2.24, 2.45) is 11.1 Å². The molecule has 1 heterocycles. The molecule has 4 heteroatoms. The Labute approximate surface area is 102 Å². The Morgan fingerprint density at radius 2 is 2.25 bits per heavy atom. The van der Waals surface area contributed by atoms with Crippen LogP contribution in [0.25, 0.3) is 0 Å². The zero-order chi connectivity index (χ0) is 12.2. The molecule has 0 saturated carbocycles. The summed E-state index contributed by atoms with van der Waals surface area (Å²) in [5.41, 5.74) is 7.24. The van der Waals surface area contributed by atoms with Crippen molar-refractivity contribution in [3.8, 4) is 0 Å². The molecule has 0 radical (unpaired) electrons. The van der Waals surface area contributed by atoms with Gasteiger partial charge < -0.3 is 11.1 Å².